The third-order valence-corrected chi connectivity index (χ3v) is 10.5. The molecule has 10 heteroatoms. The predicted molar refractivity (Wildman–Crippen MR) is 183 cm³/mol. The van der Waals surface area contributed by atoms with Gasteiger partial charge in [-0.25, -0.2) is 14.4 Å². The Morgan fingerprint density at radius 3 is 2.40 bits per heavy atom. The molecule has 6 rings (SSSR count). The van der Waals surface area contributed by atoms with E-state index in [1.54, 1.807) is 11.1 Å². The van der Waals surface area contributed by atoms with Crippen molar-refractivity contribution in [3.8, 4) is 11.5 Å². The summed E-state index contributed by atoms with van der Waals surface area (Å²) in [6.07, 6.45) is 15.7. The first-order chi connectivity index (χ1) is 22.7. The van der Waals surface area contributed by atoms with Gasteiger partial charge in [0.25, 0.3) is 5.91 Å². The fourth-order valence-corrected chi connectivity index (χ4v) is 8.01. The molecule has 1 saturated carbocycles. The fourth-order valence-electron chi connectivity index (χ4n) is 8.01. The van der Waals surface area contributed by atoms with Crippen molar-refractivity contribution in [2.45, 2.75) is 90.8 Å². The molecule has 2 saturated heterocycles. The lowest BCUT2D eigenvalue weighted by Gasteiger charge is -2.46. The molecular weight excluding hydrogens is 593 g/mol. The number of nitrogens with zero attached hydrogens (tertiary/aromatic N) is 6. The highest BCUT2D eigenvalue weighted by atomic mass is 19.1. The number of nitrogens with one attached hydrogen (secondary N) is 1. The van der Waals surface area contributed by atoms with Gasteiger partial charge in [-0.3, -0.25) is 9.78 Å². The molecule has 1 aromatic carbocycles. The number of rotatable bonds is 10. The summed E-state index contributed by atoms with van der Waals surface area (Å²) in [6, 6.07) is 8.70. The molecule has 1 aliphatic carbocycles. The Balaban J connectivity index is 1.04. The van der Waals surface area contributed by atoms with Crippen molar-refractivity contribution >= 4 is 17.4 Å². The van der Waals surface area contributed by atoms with E-state index in [0.717, 1.165) is 26.1 Å². The summed E-state index contributed by atoms with van der Waals surface area (Å²) < 4.78 is 20.7. The van der Waals surface area contributed by atoms with Crippen LogP contribution in [-0.2, 0) is 0 Å². The van der Waals surface area contributed by atoms with Gasteiger partial charge in [-0.1, -0.05) is 0 Å². The van der Waals surface area contributed by atoms with Gasteiger partial charge in [0.05, 0.1) is 11.8 Å². The molecule has 9 nitrogen and oxygen atoms in total. The molecule has 0 unspecified atom stereocenters. The molecule has 1 spiro atoms. The number of anilines is 2. The molecule has 2 aromatic heterocycles. The first kappa shape index (κ1) is 33.1. The molecule has 1 amide bonds. The second kappa shape index (κ2) is 14.5. The number of likely N-dealkylation sites (tertiary alicyclic amines) is 1. The first-order valence-corrected chi connectivity index (χ1v) is 17.4. The summed E-state index contributed by atoms with van der Waals surface area (Å²) in [6.45, 7) is 13.0. The van der Waals surface area contributed by atoms with E-state index in [-0.39, 0.29) is 23.6 Å². The third-order valence-electron chi connectivity index (χ3n) is 10.5. The topological polar surface area (TPSA) is 86.7 Å². The molecule has 2 aliphatic heterocycles. The van der Waals surface area contributed by atoms with Gasteiger partial charge in [-0.15, -0.1) is 0 Å². The van der Waals surface area contributed by atoms with Crippen LogP contribution in [0.25, 0.3) is 0 Å². The number of hydrogen-bond donors (Lipinski definition) is 1. The standard InChI is InChI=1S/C37H50FN7O2/c1-26(2)45(27(3)4)36(46)32-21-29(38)5-6-33(32)47-34-22-40-25-41-35(34)44-18-11-28(24-44)23-43-19-14-37(15-20-43)12-7-30(8-13-37)42-31-9-16-39-17-10-31/h5-6,9-10,16-17,21-22,25-28,30H,7-8,11-15,18-20,23-24H2,1-4H3,(H,39,42)/t28-/m0/s1. The minimum atomic E-state index is -0.477. The number of ether oxygens (including phenoxy) is 1. The molecule has 4 heterocycles. The highest BCUT2D eigenvalue weighted by Gasteiger charge is 2.39. The van der Waals surface area contributed by atoms with Gasteiger partial charge < -0.3 is 24.8 Å². The quantitative estimate of drug-likeness (QED) is 0.252. The van der Waals surface area contributed by atoms with E-state index in [2.05, 4.69) is 42.2 Å². The number of piperidine rings is 1. The van der Waals surface area contributed by atoms with Crippen molar-refractivity contribution in [2.75, 3.05) is 42.9 Å². The van der Waals surface area contributed by atoms with Crippen molar-refractivity contribution in [1.82, 2.24) is 24.8 Å². The minimum Gasteiger partial charge on any atom is -0.451 e. The zero-order chi connectivity index (χ0) is 33.0. The lowest BCUT2D eigenvalue weighted by molar-refractivity contribution is 0.0584. The van der Waals surface area contributed by atoms with Crippen LogP contribution in [0.3, 0.4) is 0 Å². The van der Waals surface area contributed by atoms with E-state index in [4.69, 9.17) is 4.74 Å². The smallest absolute Gasteiger partial charge is 0.258 e. The number of carbonyl (C=O) groups excluding carboxylic acids is 1. The van der Waals surface area contributed by atoms with Gasteiger partial charge in [-0.2, -0.15) is 0 Å². The zero-order valence-corrected chi connectivity index (χ0v) is 28.4. The number of amides is 1. The zero-order valence-electron chi connectivity index (χ0n) is 28.4. The molecule has 1 atom stereocenters. The molecule has 0 radical (unpaired) electrons. The Kier molecular flexibility index (Phi) is 10.2. The summed E-state index contributed by atoms with van der Waals surface area (Å²) in [5.74, 6) is 1.30. The number of benzene rings is 1. The molecule has 47 heavy (non-hydrogen) atoms. The Morgan fingerprint density at radius 2 is 1.70 bits per heavy atom. The van der Waals surface area contributed by atoms with Crippen LogP contribution >= 0.6 is 0 Å². The van der Waals surface area contributed by atoms with Crippen molar-refractivity contribution in [1.29, 1.82) is 0 Å². The SMILES string of the molecule is CC(C)N(C(=O)c1cc(F)ccc1Oc1cncnc1N1CC[C@@H](CN2CCC3(CCC(Nc4ccncc4)CC3)CC2)C1)C(C)C. The largest absolute Gasteiger partial charge is 0.451 e. The van der Waals surface area contributed by atoms with Gasteiger partial charge >= 0.3 is 0 Å². The maximum atomic E-state index is 14.4. The van der Waals surface area contributed by atoms with Gasteiger partial charge in [-0.05, 0) is 127 Å². The van der Waals surface area contributed by atoms with Crippen LogP contribution in [0, 0.1) is 17.2 Å². The van der Waals surface area contributed by atoms with E-state index in [1.807, 2.05) is 40.1 Å². The van der Waals surface area contributed by atoms with Gasteiger partial charge in [0, 0.05) is 55.8 Å². The van der Waals surface area contributed by atoms with Crippen LogP contribution in [0.1, 0.15) is 83.0 Å². The lowest BCUT2D eigenvalue weighted by Crippen LogP contribution is -2.45. The van der Waals surface area contributed by atoms with Crippen LogP contribution in [0.2, 0.25) is 0 Å². The highest BCUT2D eigenvalue weighted by molar-refractivity contribution is 5.97. The normalized spacial score (nSPS) is 20.2. The monoisotopic (exact) mass is 643 g/mol. The summed E-state index contributed by atoms with van der Waals surface area (Å²) in [5.41, 5.74) is 1.88. The molecular formula is C37H50FN7O2. The molecule has 1 N–H and O–H groups in total. The summed E-state index contributed by atoms with van der Waals surface area (Å²) >= 11 is 0. The van der Waals surface area contributed by atoms with Crippen LogP contribution in [0.15, 0.2) is 55.2 Å². The van der Waals surface area contributed by atoms with Crippen LogP contribution in [0.5, 0.6) is 11.5 Å². The van der Waals surface area contributed by atoms with E-state index in [1.165, 1.54) is 81.8 Å². The average Bonchev–Trinajstić information content (AvgIpc) is 3.53. The van der Waals surface area contributed by atoms with Crippen molar-refractivity contribution in [3.05, 3.63) is 66.6 Å². The van der Waals surface area contributed by atoms with Crippen molar-refractivity contribution < 1.29 is 13.9 Å². The van der Waals surface area contributed by atoms with Crippen LogP contribution < -0.4 is 15.0 Å². The Bertz CT molecular complexity index is 1480. The molecule has 0 bridgehead atoms. The maximum Gasteiger partial charge on any atom is 0.258 e. The number of pyridine rings is 1. The Hall–Kier alpha value is -3.79. The van der Waals surface area contributed by atoms with E-state index in [9.17, 15) is 9.18 Å². The predicted octanol–water partition coefficient (Wildman–Crippen LogP) is 7.03. The summed E-state index contributed by atoms with van der Waals surface area (Å²) in [4.78, 5) is 33.2. The van der Waals surface area contributed by atoms with Crippen LogP contribution in [-0.4, -0.2) is 81.5 Å². The highest BCUT2D eigenvalue weighted by Crippen LogP contribution is 2.45. The van der Waals surface area contributed by atoms with Crippen LogP contribution in [0.4, 0.5) is 15.9 Å². The summed E-state index contributed by atoms with van der Waals surface area (Å²) in [7, 11) is 0. The number of halogens is 1. The van der Waals surface area contributed by atoms with Gasteiger partial charge in [0.15, 0.2) is 11.6 Å². The average molecular weight is 644 g/mol. The van der Waals surface area contributed by atoms with Gasteiger partial charge in [0.2, 0.25) is 0 Å². The second-order valence-electron chi connectivity index (χ2n) is 14.4. The van der Waals surface area contributed by atoms with E-state index < -0.39 is 5.82 Å². The lowest BCUT2D eigenvalue weighted by atomic mass is 9.67. The molecule has 252 valence electrons. The Morgan fingerprint density at radius 1 is 0.979 bits per heavy atom. The number of carbonyl (C=O) groups is 1. The summed E-state index contributed by atoms with van der Waals surface area (Å²) in [5, 5.41) is 3.71. The van der Waals surface area contributed by atoms with E-state index in [0.29, 0.717) is 34.7 Å². The van der Waals surface area contributed by atoms with E-state index >= 15 is 0 Å². The molecule has 3 aromatic rings. The third kappa shape index (κ3) is 7.86. The number of aromatic nitrogens is 3. The fraction of sp³-hybridized carbons (Fsp3) is 0.568. The van der Waals surface area contributed by atoms with Crippen molar-refractivity contribution in [3.63, 3.8) is 0 Å². The number of hydrogen-bond acceptors (Lipinski definition) is 8. The maximum absolute atomic E-state index is 14.4. The van der Waals surface area contributed by atoms with Crippen molar-refractivity contribution in [2.24, 2.45) is 11.3 Å². The second-order valence-corrected chi connectivity index (χ2v) is 14.4. The Labute approximate surface area is 278 Å². The molecule has 3 fully saturated rings. The minimum absolute atomic E-state index is 0.0448. The first-order valence-electron chi connectivity index (χ1n) is 17.4. The van der Waals surface area contributed by atoms with Gasteiger partial charge in [0.1, 0.15) is 17.9 Å². The molecule has 3 aliphatic rings.